The van der Waals surface area contributed by atoms with Crippen molar-refractivity contribution in [2.45, 2.75) is 37.6 Å². The number of nitrogens with zero attached hydrogens (tertiary/aromatic N) is 2. The first-order chi connectivity index (χ1) is 14.3. The van der Waals surface area contributed by atoms with Gasteiger partial charge in [-0.1, -0.05) is 61.0 Å². The minimum atomic E-state index is -0.309. The number of fused-ring (bicyclic) bond motifs is 2. The summed E-state index contributed by atoms with van der Waals surface area (Å²) in [5, 5.41) is 5.15. The number of pyridine rings is 1. The predicted octanol–water partition coefficient (Wildman–Crippen LogP) is 3.92. The van der Waals surface area contributed by atoms with E-state index in [1.165, 1.54) is 12.0 Å². The number of ether oxygens (including phenoxy) is 1. The fraction of sp³-hybridized carbons (Fsp3) is 0.333. The molecule has 2 aromatic carbocycles. The van der Waals surface area contributed by atoms with Crippen LogP contribution < -0.4 is 5.32 Å². The quantitative estimate of drug-likeness (QED) is 0.740. The van der Waals surface area contributed by atoms with Gasteiger partial charge in [-0.3, -0.25) is 14.7 Å². The van der Waals surface area contributed by atoms with Crippen LogP contribution in [0.15, 0.2) is 66.9 Å². The average molecular weight is 387 g/mol. The minimum Gasteiger partial charge on any atom is -0.355 e. The molecule has 3 atom stereocenters. The summed E-state index contributed by atoms with van der Waals surface area (Å²) in [6, 6.07) is 20.7. The first-order valence-corrected chi connectivity index (χ1v) is 10.4. The van der Waals surface area contributed by atoms with Crippen molar-refractivity contribution < 1.29 is 9.53 Å². The molecule has 0 bridgehead atoms. The van der Waals surface area contributed by atoms with E-state index in [0.29, 0.717) is 12.3 Å². The van der Waals surface area contributed by atoms with Crippen LogP contribution in [0.25, 0.3) is 10.8 Å². The summed E-state index contributed by atoms with van der Waals surface area (Å²) in [4.78, 5) is 19.8. The van der Waals surface area contributed by atoms with E-state index in [1.54, 1.807) is 6.20 Å². The fourth-order valence-electron chi connectivity index (χ4n) is 4.61. The number of hydrogen-bond acceptors (Lipinski definition) is 4. The zero-order chi connectivity index (χ0) is 19.6. The molecule has 2 saturated heterocycles. The number of carbonyl (C=O) groups is 1. The molecule has 0 saturated carbocycles. The Balaban J connectivity index is 1.35. The highest BCUT2D eigenvalue weighted by atomic mass is 16.5. The van der Waals surface area contributed by atoms with Crippen molar-refractivity contribution in [3.8, 4) is 0 Å². The van der Waals surface area contributed by atoms with E-state index in [9.17, 15) is 4.79 Å². The van der Waals surface area contributed by atoms with E-state index in [-0.39, 0.29) is 24.2 Å². The van der Waals surface area contributed by atoms with E-state index < -0.39 is 0 Å². The van der Waals surface area contributed by atoms with Gasteiger partial charge in [-0.15, -0.1) is 0 Å². The minimum absolute atomic E-state index is 0.176. The van der Waals surface area contributed by atoms with Crippen molar-refractivity contribution in [3.05, 3.63) is 78.1 Å². The normalized spacial score (nSPS) is 24.8. The zero-order valence-electron chi connectivity index (χ0n) is 16.3. The van der Waals surface area contributed by atoms with Crippen LogP contribution >= 0.6 is 0 Å². The maximum atomic E-state index is 12.9. The van der Waals surface area contributed by atoms with Crippen LogP contribution in [0.3, 0.4) is 0 Å². The summed E-state index contributed by atoms with van der Waals surface area (Å²) in [5.74, 6) is -0.176. The van der Waals surface area contributed by atoms with Gasteiger partial charge in [0.25, 0.3) is 5.91 Å². The van der Waals surface area contributed by atoms with Crippen LogP contribution in [-0.2, 0) is 4.74 Å². The Morgan fingerprint density at radius 2 is 1.83 bits per heavy atom. The van der Waals surface area contributed by atoms with Crippen LogP contribution in [0.5, 0.6) is 0 Å². The number of carbonyl (C=O) groups excluding carboxylic acids is 1. The lowest BCUT2D eigenvalue weighted by atomic mass is 9.93. The van der Waals surface area contributed by atoms with Gasteiger partial charge in [0.15, 0.2) is 0 Å². The van der Waals surface area contributed by atoms with Crippen molar-refractivity contribution in [2.75, 3.05) is 13.2 Å². The molecule has 0 spiro atoms. The smallest absolute Gasteiger partial charge is 0.271 e. The van der Waals surface area contributed by atoms with Gasteiger partial charge in [0.1, 0.15) is 11.9 Å². The SMILES string of the molecule is O=C(NC1OCC(c2ccccc2)N2CCCCC12)c1cc2ccccc2cn1. The molecule has 3 heterocycles. The Bertz CT molecular complexity index is 1010. The van der Waals surface area contributed by atoms with Gasteiger partial charge in [0.05, 0.1) is 18.7 Å². The number of nitrogens with one attached hydrogen (secondary N) is 1. The second kappa shape index (κ2) is 7.93. The lowest BCUT2D eigenvalue weighted by molar-refractivity contribution is -0.125. The highest BCUT2D eigenvalue weighted by Gasteiger charge is 2.40. The van der Waals surface area contributed by atoms with Gasteiger partial charge in [0.2, 0.25) is 0 Å². The van der Waals surface area contributed by atoms with E-state index in [2.05, 4.69) is 39.5 Å². The molecule has 0 radical (unpaired) electrons. The van der Waals surface area contributed by atoms with E-state index in [4.69, 9.17) is 4.74 Å². The number of aromatic nitrogens is 1. The number of rotatable bonds is 3. The van der Waals surface area contributed by atoms with Crippen LogP contribution in [0.1, 0.15) is 41.4 Å². The average Bonchev–Trinajstić information content (AvgIpc) is 2.79. The number of hydrogen-bond donors (Lipinski definition) is 1. The molecule has 29 heavy (non-hydrogen) atoms. The molecule has 148 valence electrons. The highest BCUT2D eigenvalue weighted by molar-refractivity contribution is 5.96. The summed E-state index contributed by atoms with van der Waals surface area (Å²) in [7, 11) is 0. The largest absolute Gasteiger partial charge is 0.355 e. The fourth-order valence-corrected chi connectivity index (χ4v) is 4.61. The first-order valence-electron chi connectivity index (χ1n) is 10.4. The molecule has 0 aliphatic carbocycles. The zero-order valence-corrected chi connectivity index (χ0v) is 16.3. The molecule has 1 aromatic heterocycles. The Morgan fingerprint density at radius 3 is 2.69 bits per heavy atom. The van der Waals surface area contributed by atoms with Crippen molar-refractivity contribution in [1.82, 2.24) is 15.2 Å². The summed E-state index contributed by atoms with van der Waals surface area (Å²) < 4.78 is 6.19. The van der Waals surface area contributed by atoms with Gasteiger partial charge >= 0.3 is 0 Å². The summed E-state index contributed by atoms with van der Waals surface area (Å²) in [6.07, 6.45) is 4.82. The van der Waals surface area contributed by atoms with Crippen molar-refractivity contribution in [2.24, 2.45) is 0 Å². The molecule has 2 aliphatic rings. The predicted molar refractivity (Wildman–Crippen MR) is 112 cm³/mol. The van der Waals surface area contributed by atoms with Crippen LogP contribution in [0, 0.1) is 0 Å². The summed E-state index contributed by atoms with van der Waals surface area (Å²) >= 11 is 0. The lowest BCUT2D eigenvalue weighted by Gasteiger charge is -2.48. The van der Waals surface area contributed by atoms with Crippen LogP contribution in [-0.4, -0.2) is 41.2 Å². The standard InChI is InChI=1S/C24H25N3O2/c28-23(20-14-18-10-4-5-11-19(18)15-25-20)26-24-21-12-6-7-13-27(21)22(16-29-24)17-8-2-1-3-9-17/h1-5,8-11,14-15,21-22,24H,6-7,12-13,16H2,(H,26,28). The summed E-state index contributed by atoms with van der Waals surface area (Å²) in [5.41, 5.74) is 1.71. The molecule has 5 rings (SSSR count). The second-order valence-corrected chi connectivity index (χ2v) is 7.87. The molecule has 2 fully saturated rings. The third kappa shape index (κ3) is 3.63. The lowest BCUT2D eigenvalue weighted by Crippen LogP contribution is -2.60. The van der Waals surface area contributed by atoms with Gasteiger partial charge < -0.3 is 10.1 Å². The Labute approximate surface area is 170 Å². The molecule has 5 nitrogen and oxygen atoms in total. The highest BCUT2D eigenvalue weighted by Crippen LogP contribution is 2.34. The van der Waals surface area contributed by atoms with Gasteiger partial charge in [-0.05, 0) is 36.4 Å². The number of morpholine rings is 1. The molecular formula is C24H25N3O2. The molecular weight excluding hydrogens is 362 g/mol. The molecule has 5 heteroatoms. The second-order valence-electron chi connectivity index (χ2n) is 7.87. The topological polar surface area (TPSA) is 54.5 Å². The molecule has 1 N–H and O–H groups in total. The number of piperidine rings is 1. The van der Waals surface area contributed by atoms with Gasteiger partial charge in [-0.2, -0.15) is 0 Å². The molecule has 3 unspecified atom stereocenters. The Kier molecular flexibility index (Phi) is 5.00. The maximum absolute atomic E-state index is 12.9. The molecule has 2 aliphatic heterocycles. The Morgan fingerprint density at radius 1 is 1.03 bits per heavy atom. The first kappa shape index (κ1) is 18.3. The third-order valence-electron chi connectivity index (χ3n) is 6.10. The van der Waals surface area contributed by atoms with Crippen molar-refractivity contribution in [1.29, 1.82) is 0 Å². The van der Waals surface area contributed by atoms with Crippen LogP contribution in [0.2, 0.25) is 0 Å². The number of benzene rings is 2. The van der Waals surface area contributed by atoms with Crippen molar-refractivity contribution in [3.63, 3.8) is 0 Å². The van der Waals surface area contributed by atoms with Crippen LogP contribution in [0.4, 0.5) is 0 Å². The van der Waals surface area contributed by atoms with Crippen molar-refractivity contribution >= 4 is 16.7 Å². The van der Waals surface area contributed by atoms with E-state index in [1.807, 2.05) is 36.4 Å². The summed E-state index contributed by atoms with van der Waals surface area (Å²) in [6.45, 7) is 1.62. The van der Waals surface area contributed by atoms with Gasteiger partial charge in [-0.25, -0.2) is 0 Å². The van der Waals surface area contributed by atoms with E-state index in [0.717, 1.165) is 30.2 Å². The maximum Gasteiger partial charge on any atom is 0.271 e. The monoisotopic (exact) mass is 387 g/mol. The molecule has 1 amide bonds. The molecule has 3 aromatic rings. The Hall–Kier alpha value is -2.76. The van der Waals surface area contributed by atoms with Gasteiger partial charge in [0, 0.05) is 11.6 Å². The third-order valence-corrected chi connectivity index (χ3v) is 6.10. The number of amides is 1. The van der Waals surface area contributed by atoms with E-state index >= 15 is 0 Å².